The molecule has 114 valence electrons. The van der Waals surface area contributed by atoms with E-state index < -0.39 is 0 Å². The summed E-state index contributed by atoms with van der Waals surface area (Å²) in [6, 6.07) is 6.26. The molecule has 0 saturated carbocycles. The smallest absolute Gasteiger partial charge is 0.264 e. The van der Waals surface area contributed by atoms with E-state index in [0.29, 0.717) is 11.7 Å². The van der Waals surface area contributed by atoms with Gasteiger partial charge in [-0.3, -0.25) is 0 Å². The van der Waals surface area contributed by atoms with Crippen molar-refractivity contribution in [3.05, 3.63) is 41.0 Å². The number of rotatable bonds is 7. The molecule has 21 heavy (non-hydrogen) atoms. The van der Waals surface area contributed by atoms with Gasteiger partial charge in [0.05, 0.1) is 0 Å². The summed E-state index contributed by atoms with van der Waals surface area (Å²) in [5, 5.41) is 3.87. The third-order valence-electron chi connectivity index (χ3n) is 3.47. The molecule has 0 saturated heterocycles. The molecule has 5 heteroatoms. The zero-order chi connectivity index (χ0) is 15.2. The third kappa shape index (κ3) is 4.04. The Morgan fingerprint density at radius 1 is 1.33 bits per heavy atom. The maximum absolute atomic E-state index is 6.06. The lowest BCUT2D eigenvalue weighted by Crippen LogP contribution is -2.21. The van der Waals surface area contributed by atoms with Gasteiger partial charge in [0.15, 0.2) is 12.4 Å². The number of hydrogen-bond acceptors (Lipinski definition) is 5. The van der Waals surface area contributed by atoms with Crippen LogP contribution in [-0.4, -0.2) is 16.2 Å². The van der Waals surface area contributed by atoms with Gasteiger partial charge in [-0.15, -0.1) is 0 Å². The number of ether oxygens (including phenoxy) is 1. The predicted molar refractivity (Wildman–Crippen MR) is 81.2 cm³/mol. The van der Waals surface area contributed by atoms with Crippen molar-refractivity contribution in [2.45, 2.75) is 52.7 Å². The van der Waals surface area contributed by atoms with Crippen molar-refractivity contribution in [1.29, 1.82) is 0 Å². The van der Waals surface area contributed by atoms with Crippen molar-refractivity contribution < 1.29 is 9.26 Å². The molecule has 2 aromatic rings. The summed E-state index contributed by atoms with van der Waals surface area (Å²) >= 11 is 0. The van der Waals surface area contributed by atoms with Crippen molar-refractivity contribution in [2.24, 2.45) is 5.73 Å². The van der Waals surface area contributed by atoms with Gasteiger partial charge >= 0.3 is 0 Å². The van der Waals surface area contributed by atoms with Crippen LogP contribution < -0.4 is 10.5 Å². The summed E-state index contributed by atoms with van der Waals surface area (Å²) < 4.78 is 11.1. The number of para-hydroxylation sites is 1. The van der Waals surface area contributed by atoms with E-state index in [2.05, 4.69) is 23.1 Å². The Labute approximate surface area is 125 Å². The van der Waals surface area contributed by atoms with E-state index in [1.165, 1.54) is 0 Å². The molecule has 0 bridgehead atoms. The Morgan fingerprint density at radius 2 is 2.14 bits per heavy atom. The van der Waals surface area contributed by atoms with E-state index in [0.717, 1.165) is 36.1 Å². The maximum atomic E-state index is 6.06. The second kappa shape index (κ2) is 7.22. The zero-order valence-electron chi connectivity index (χ0n) is 12.9. The topological polar surface area (TPSA) is 74.2 Å². The third-order valence-corrected chi connectivity index (χ3v) is 3.47. The second-order valence-corrected chi connectivity index (χ2v) is 5.18. The predicted octanol–water partition coefficient (Wildman–Crippen LogP) is 2.80. The molecule has 2 N–H and O–H groups in total. The highest BCUT2D eigenvalue weighted by Crippen LogP contribution is 2.25. The van der Waals surface area contributed by atoms with Gasteiger partial charge in [0.2, 0.25) is 0 Å². The summed E-state index contributed by atoms with van der Waals surface area (Å²) in [6.45, 7) is 6.39. The SMILES string of the molecule is CCc1noc(COc2c(C)cccc2CC(N)CC)n1. The molecule has 1 heterocycles. The highest BCUT2D eigenvalue weighted by atomic mass is 16.5. The number of nitrogens with two attached hydrogens (primary N) is 1. The van der Waals surface area contributed by atoms with E-state index in [1.54, 1.807) is 0 Å². The van der Waals surface area contributed by atoms with Gasteiger partial charge in [0.1, 0.15) is 5.75 Å². The molecule has 1 aromatic heterocycles. The fraction of sp³-hybridized carbons (Fsp3) is 0.500. The Morgan fingerprint density at radius 3 is 2.81 bits per heavy atom. The van der Waals surface area contributed by atoms with Crippen molar-refractivity contribution in [2.75, 3.05) is 0 Å². The van der Waals surface area contributed by atoms with Gasteiger partial charge in [-0.05, 0) is 30.9 Å². The highest BCUT2D eigenvalue weighted by molar-refractivity contribution is 5.41. The van der Waals surface area contributed by atoms with Gasteiger partial charge < -0.3 is 15.0 Å². The molecule has 0 amide bonds. The zero-order valence-corrected chi connectivity index (χ0v) is 12.9. The molecule has 0 radical (unpaired) electrons. The molecule has 0 spiro atoms. The average molecular weight is 289 g/mol. The molecule has 0 fully saturated rings. The number of hydrogen-bond donors (Lipinski definition) is 1. The lowest BCUT2D eigenvalue weighted by Gasteiger charge is -2.15. The monoisotopic (exact) mass is 289 g/mol. The molecule has 5 nitrogen and oxygen atoms in total. The Balaban J connectivity index is 2.10. The first kappa shape index (κ1) is 15.5. The quantitative estimate of drug-likeness (QED) is 0.848. The molecule has 0 aliphatic carbocycles. The van der Waals surface area contributed by atoms with E-state index >= 15 is 0 Å². The Hall–Kier alpha value is -1.88. The summed E-state index contributed by atoms with van der Waals surface area (Å²) in [7, 11) is 0. The van der Waals surface area contributed by atoms with Crippen LogP contribution in [0.15, 0.2) is 22.7 Å². The lowest BCUT2D eigenvalue weighted by atomic mass is 10.0. The summed E-state index contributed by atoms with van der Waals surface area (Å²) in [6.07, 6.45) is 2.50. The molecular formula is C16H23N3O2. The fourth-order valence-corrected chi connectivity index (χ4v) is 2.13. The van der Waals surface area contributed by atoms with Crippen LogP contribution in [0.3, 0.4) is 0 Å². The van der Waals surface area contributed by atoms with Crippen LogP contribution in [-0.2, 0) is 19.4 Å². The Bertz CT molecular complexity index is 581. The van der Waals surface area contributed by atoms with Crippen LogP contribution in [0.1, 0.15) is 43.1 Å². The van der Waals surface area contributed by atoms with Crippen molar-refractivity contribution in [3.63, 3.8) is 0 Å². The highest BCUT2D eigenvalue weighted by Gasteiger charge is 2.12. The normalized spacial score (nSPS) is 12.4. The molecule has 1 atom stereocenters. The van der Waals surface area contributed by atoms with Gasteiger partial charge in [0.25, 0.3) is 5.89 Å². The van der Waals surface area contributed by atoms with Gasteiger partial charge in [-0.1, -0.05) is 37.2 Å². The van der Waals surface area contributed by atoms with Crippen molar-refractivity contribution in [1.82, 2.24) is 10.1 Å². The minimum Gasteiger partial charge on any atom is -0.483 e. The summed E-state index contributed by atoms with van der Waals surface area (Å²) in [5.41, 5.74) is 8.27. The van der Waals surface area contributed by atoms with E-state index in [4.69, 9.17) is 15.0 Å². The van der Waals surface area contributed by atoms with Crippen LogP contribution >= 0.6 is 0 Å². The fourth-order valence-electron chi connectivity index (χ4n) is 2.13. The maximum Gasteiger partial charge on any atom is 0.264 e. The van der Waals surface area contributed by atoms with E-state index in [-0.39, 0.29) is 12.6 Å². The minimum absolute atomic E-state index is 0.143. The number of benzene rings is 1. The van der Waals surface area contributed by atoms with Crippen LogP contribution in [0.25, 0.3) is 0 Å². The number of aromatic nitrogens is 2. The lowest BCUT2D eigenvalue weighted by molar-refractivity contribution is 0.239. The van der Waals surface area contributed by atoms with Crippen molar-refractivity contribution in [3.8, 4) is 5.75 Å². The minimum atomic E-state index is 0.143. The van der Waals surface area contributed by atoms with Crippen LogP contribution in [0.5, 0.6) is 5.75 Å². The van der Waals surface area contributed by atoms with Crippen LogP contribution in [0, 0.1) is 6.92 Å². The number of nitrogens with zero attached hydrogens (tertiary/aromatic N) is 2. The van der Waals surface area contributed by atoms with Crippen molar-refractivity contribution >= 4 is 0 Å². The molecule has 1 aromatic carbocycles. The van der Waals surface area contributed by atoms with Gasteiger partial charge in [0, 0.05) is 12.5 Å². The van der Waals surface area contributed by atoms with Crippen LogP contribution in [0.2, 0.25) is 0 Å². The first-order valence-corrected chi connectivity index (χ1v) is 7.42. The summed E-state index contributed by atoms with van der Waals surface area (Å²) in [4.78, 5) is 4.25. The molecular weight excluding hydrogens is 266 g/mol. The van der Waals surface area contributed by atoms with E-state index in [9.17, 15) is 0 Å². The largest absolute Gasteiger partial charge is 0.483 e. The summed E-state index contributed by atoms with van der Waals surface area (Å²) in [5.74, 6) is 2.07. The van der Waals surface area contributed by atoms with Gasteiger partial charge in [-0.2, -0.15) is 4.98 Å². The standard InChI is InChI=1S/C16H23N3O2/c1-4-13(17)9-12-8-6-7-11(3)16(12)20-10-15-18-14(5-2)19-21-15/h6-8,13H,4-5,9-10,17H2,1-3H3. The van der Waals surface area contributed by atoms with Crippen LogP contribution in [0.4, 0.5) is 0 Å². The first-order chi connectivity index (χ1) is 10.1. The molecule has 0 aliphatic heterocycles. The molecule has 0 aliphatic rings. The Kier molecular flexibility index (Phi) is 5.33. The molecule has 1 unspecified atom stereocenters. The average Bonchev–Trinajstić information content (AvgIpc) is 2.94. The number of aryl methyl sites for hydroxylation is 2. The van der Waals surface area contributed by atoms with Gasteiger partial charge in [-0.25, -0.2) is 0 Å². The molecule has 2 rings (SSSR count). The first-order valence-electron chi connectivity index (χ1n) is 7.42. The van der Waals surface area contributed by atoms with E-state index in [1.807, 2.05) is 26.0 Å². The second-order valence-electron chi connectivity index (χ2n) is 5.18.